The van der Waals surface area contributed by atoms with E-state index in [2.05, 4.69) is 0 Å². The van der Waals surface area contributed by atoms with Gasteiger partial charge in [-0.1, -0.05) is 12.8 Å². The van der Waals surface area contributed by atoms with E-state index in [-0.39, 0.29) is 18.9 Å². The van der Waals surface area contributed by atoms with Crippen LogP contribution in [-0.4, -0.2) is 17.9 Å². The first-order chi connectivity index (χ1) is 6.05. The van der Waals surface area contributed by atoms with Crippen LogP contribution in [0.1, 0.15) is 32.1 Å². The molecule has 0 saturated heterocycles. The van der Waals surface area contributed by atoms with Gasteiger partial charge < -0.3 is 5.11 Å². The zero-order chi connectivity index (χ0) is 9.90. The molecule has 1 rings (SSSR count). The van der Waals surface area contributed by atoms with E-state index in [1.54, 1.807) is 0 Å². The summed E-state index contributed by atoms with van der Waals surface area (Å²) in [5.41, 5.74) is 0. The van der Waals surface area contributed by atoms with Gasteiger partial charge in [0, 0.05) is 6.61 Å². The summed E-state index contributed by atoms with van der Waals surface area (Å²) in [5, 5.41) is 8.63. The highest BCUT2D eigenvalue weighted by molar-refractivity contribution is 4.80. The molecule has 1 aliphatic carbocycles. The van der Waals surface area contributed by atoms with Gasteiger partial charge >= 0.3 is 6.18 Å². The van der Waals surface area contributed by atoms with Crippen molar-refractivity contribution in [3.8, 4) is 0 Å². The summed E-state index contributed by atoms with van der Waals surface area (Å²) >= 11 is 0. The van der Waals surface area contributed by atoms with Crippen LogP contribution in [0.2, 0.25) is 0 Å². The maximum absolute atomic E-state index is 12.4. The van der Waals surface area contributed by atoms with Crippen molar-refractivity contribution in [2.75, 3.05) is 6.61 Å². The number of rotatable bonds is 2. The lowest BCUT2D eigenvalue weighted by atomic mass is 9.77. The third kappa shape index (κ3) is 2.86. The van der Waals surface area contributed by atoms with E-state index < -0.39 is 12.1 Å². The largest absolute Gasteiger partial charge is 0.396 e. The summed E-state index contributed by atoms with van der Waals surface area (Å²) < 4.78 is 37.3. The molecule has 1 N–H and O–H groups in total. The van der Waals surface area contributed by atoms with Crippen molar-refractivity contribution in [3.05, 3.63) is 0 Å². The smallest absolute Gasteiger partial charge is 0.392 e. The first kappa shape index (κ1) is 10.8. The van der Waals surface area contributed by atoms with Gasteiger partial charge in [-0.25, -0.2) is 0 Å². The molecule has 0 aromatic heterocycles. The van der Waals surface area contributed by atoms with Crippen molar-refractivity contribution in [3.63, 3.8) is 0 Å². The Bertz CT molecular complexity index is 153. The number of halogens is 3. The molecule has 1 saturated carbocycles. The predicted molar refractivity (Wildman–Crippen MR) is 43.2 cm³/mol. The fourth-order valence-corrected chi connectivity index (χ4v) is 2.15. The second-order valence-electron chi connectivity index (χ2n) is 3.70. The zero-order valence-electron chi connectivity index (χ0n) is 7.48. The summed E-state index contributed by atoms with van der Waals surface area (Å²) in [4.78, 5) is 0. The molecule has 1 aliphatic rings. The third-order valence-electron chi connectivity index (χ3n) is 2.83. The minimum absolute atomic E-state index is 0.128. The summed E-state index contributed by atoms with van der Waals surface area (Å²) in [6, 6.07) is 0. The van der Waals surface area contributed by atoms with Crippen LogP contribution in [0.15, 0.2) is 0 Å². The highest BCUT2D eigenvalue weighted by atomic mass is 19.4. The summed E-state index contributed by atoms with van der Waals surface area (Å²) in [5.74, 6) is -1.52. The van der Waals surface area contributed by atoms with Crippen molar-refractivity contribution >= 4 is 0 Å². The van der Waals surface area contributed by atoms with E-state index >= 15 is 0 Å². The van der Waals surface area contributed by atoms with Gasteiger partial charge in [-0.15, -0.1) is 0 Å². The minimum Gasteiger partial charge on any atom is -0.396 e. The number of hydrogen-bond acceptors (Lipinski definition) is 1. The SMILES string of the molecule is OCCC1CCCCC1C(F)(F)F. The first-order valence-electron chi connectivity index (χ1n) is 4.73. The number of aliphatic hydroxyl groups is 1. The van der Waals surface area contributed by atoms with Crippen molar-refractivity contribution in [2.24, 2.45) is 11.8 Å². The average molecular weight is 196 g/mol. The monoisotopic (exact) mass is 196 g/mol. The molecule has 2 atom stereocenters. The molecular weight excluding hydrogens is 181 g/mol. The van der Waals surface area contributed by atoms with E-state index in [0.717, 1.165) is 6.42 Å². The van der Waals surface area contributed by atoms with Crippen LogP contribution >= 0.6 is 0 Å². The second kappa shape index (κ2) is 4.31. The Morgan fingerprint density at radius 3 is 2.31 bits per heavy atom. The van der Waals surface area contributed by atoms with Gasteiger partial charge in [-0.3, -0.25) is 0 Å². The Labute approximate surface area is 75.9 Å². The molecule has 0 heterocycles. The average Bonchev–Trinajstić information content (AvgIpc) is 2.04. The maximum Gasteiger partial charge on any atom is 0.392 e. The molecule has 0 aromatic carbocycles. The van der Waals surface area contributed by atoms with E-state index in [1.165, 1.54) is 0 Å². The molecule has 0 radical (unpaired) electrons. The van der Waals surface area contributed by atoms with Crippen molar-refractivity contribution in [1.29, 1.82) is 0 Å². The van der Waals surface area contributed by atoms with Gasteiger partial charge in [0.25, 0.3) is 0 Å². The van der Waals surface area contributed by atoms with Crippen LogP contribution in [0.5, 0.6) is 0 Å². The first-order valence-corrected chi connectivity index (χ1v) is 4.73. The highest BCUT2D eigenvalue weighted by Gasteiger charge is 2.44. The quantitative estimate of drug-likeness (QED) is 0.720. The Morgan fingerprint density at radius 2 is 1.77 bits per heavy atom. The molecule has 0 aromatic rings. The maximum atomic E-state index is 12.4. The summed E-state index contributed by atoms with van der Waals surface area (Å²) in [7, 11) is 0. The van der Waals surface area contributed by atoms with E-state index in [9.17, 15) is 13.2 Å². The van der Waals surface area contributed by atoms with Crippen LogP contribution in [0, 0.1) is 11.8 Å². The molecule has 0 spiro atoms. The summed E-state index contributed by atoms with van der Waals surface area (Å²) in [6.07, 6.45) is -1.37. The summed E-state index contributed by atoms with van der Waals surface area (Å²) in [6.45, 7) is -0.128. The van der Waals surface area contributed by atoms with Gasteiger partial charge in [0.05, 0.1) is 5.92 Å². The zero-order valence-corrected chi connectivity index (χ0v) is 7.48. The van der Waals surface area contributed by atoms with Crippen LogP contribution in [0.3, 0.4) is 0 Å². The van der Waals surface area contributed by atoms with Gasteiger partial charge in [0.1, 0.15) is 0 Å². The number of hydrogen-bond donors (Lipinski definition) is 1. The molecule has 2 unspecified atom stereocenters. The topological polar surface area (TPSA) is 20.2 Å². The Morgan fingerprint density at radius 1 is 1.15 bits per heavy atom. The molecule has 78 valence electrons. The highest BCUT2D eigenvalue weighted by Crippen LogP contribution is 2.42. The molecule has 0 bridgehead atoms. The van der Waals surface area contributed by atoms with Gasteiger partial charge in [0.15, 0.2) is 0 Å². The van der Waals surface area contributed by atoms with E-state index in [0.29, 0.717) is 19.3 Å². The molecule has 1 nitrogen and oxygen atoms in total. The Kier molecular flexibility index (Phi) is 3.59. The lowest BCUT2D eigenvalue weighted by Gasteiger charge is -2.32. The van der Waals surface area contributed by atoms with Crippen LogP contribution in [0.25, 0.3) is 0 Å². The lowest BCUT2D eigenvalue weighted by Crippen LogP contribution is -2.33. The standard InChI is InChI=1S/C9H15F3O/c10-9(11,12)8-4-2-1-3-7(8)5-6-13/h7-8,13H,1-6H2. The van der Waals surface area contributed by atoms with Crippen molar-refractivity contribution in [1.82, 2.24) is 0 Å². The van der Waals surface area contributed by atoms with Crippen molar-refractivity contribution < 1.29 is 18.3 Å². The number of aliphatic hydroxyl groups excluding tert-OH is 1. The fourth-order valence-electron chi connectivity index (χ4n) is 2.15. The Hall–Kier alpha value is -0.250. The molecule has 1 fully saturated rings. The normalized spacial score (nSPS) is 30.5. The van der Waals surface area contributed by atoms with E-state index in [1.807, 2.05) is 0 Å². The predicted octanol–water partition coefficient (Wildman–Crippen LogP) is 2.74. The van der Waals surface area contributed by atoms with Gasteiger partial charge in [0.2, 0.25) is 0 Å². The van der Waals surface area contributed by atoms with Gasteiger partial charge in [-0.05, 0) is 25.2 Å². The van der Waals surface area contributed by atoms with Crippen LogP contribution in [-0.2, 0) is 0 Å². The Balaban J connectivity index is 2.56. The fraction of sp³-hybridized carbons (Fsp3) is 1.00. The third-order valence-corrected chi connectivity index (χ3v) is 2.83. The van der Waals surface area contributed by atoms with Crippen LogP contribution in [0.4, 0.5) is 13.2 Å². The van der Waals surface area contributed by atoms with Crippen LogP contribution < -0.4 is 0 Å². The minimum atomic E-state index is -4.07. The molecule has 4 heteroatoms. The molecule has 0 aliphatic heterocycles. The van der Waals surface area contributed by atoms with Crippen molar-refractivity contribution in [2.45, 2.75) is 38.3 Å². The molecule has 13 heavy (non-hydrogen) atoms. The lowest BCUT2D eigenvalue weighted by molar-refractivity contribution is -0.197. The molecule has 0 amide bonds. The number of alkyl halides is 3. The second-order valence-corrected chi connectivity index (χ2v) is 3.70. The van der Waals surface area contributed by atoms with E-state index in [4.69, 9.17) is 5.11 Å². The van der Waals surface area contributed by atoms with Gasteiger partial charge in [-0.2, -0.15) is 13.2 Å². The molecular formula is C9H15F3O.